The van der Waals surface area contributed by atoms with Gasteiger partial charge in [-0.25, -0.2) is 4.79 Å². The number of rotatable bonds is 7. The lowest BCUT2D eigenvalue weighted by Crippen LogP contribution is -2.38. The molecule has 1 aromatic rings. The van der Waals surface area contributed by atoms with Gasteiger partial charge in [-0.3, -0.25) is 4.79 Å². The number of carbonyl (C=O) groups excluding carboxylic acids is 2. The zero-order valence-electron chi connectivity index (χ0n) is 14.4. The van der Waals surface area contributed by atoms with Gasteiger partial charge >= 0.3 is 5.97 Å². The summed E-state index contributed by atoms with van der Waals surface area (Å²) in [6.45, 7) is 4.16. The van der Waals surface area contributed by atoms with E-state index in [1.165, 1.54) is 11.6 Å². The molecule has 0 saturated heterocycles. The molecule has 1 aromatic carbocycles. The first-order chi connectivity index (χ1) is 11.6. The average molecular weight is 327 g/mol. The van der Waals surface area contributed by atoms with Gasteiger partial charge in [0.15, 0.2) is 5.78 Å². The van der Waals surface area contributed by atoms with E-state index in [0.29, 0.717) is 18.6 Å². The number of ketones is 1. The van der Waals surface area contributed by atoms with Crippen LogP contribution in [0.25, 0.3) is 0 Å². The van der Waals surface area contributed by atoms with Gasteiger partial charge in [0.1, 0.15) is 0 Å². The summed E-state index contributed by atoms with van der Waals surface area (Å²) in [6, 6.07) is 10.3. The standard InChI is InChI=1S/C20H25NO3/c1-3-8-18-17(11-12-20(23)24-4-2)19(22)14-16(21-18)13-15-9-6-5-7-10-15/h5-7,9-12,16,21H,3-4,8,13-14H2,1-2H3/b12-11+/t16-/m0/s1. The largest absolute Gasteiger partial charge is 0.463 e. The van der Waals surface area contributed by atoms with Crippen molar-refractivity contribution in [2.24, 2.45) is 0 Å². The third kappa shape index (κ3) is 5.08. The maximum atomic E-state index is 12.5. The van der Waals surface area contributed by atoms with Gasteiger partial charge in [-0.2, -0.15) is 0 Å². The van der Waals surface area contributed by atoms with Crippen LogP contribution in [0.1, 0.15) is 38.7 Å². The molecule has 4 heteroatoms. The second kappa shape index (κ2) is 9.06. The van der Waals surface area contributed by atoms with Gasteiger partial charge in [-0.05, 0) is 31.4 Å². The van der Waals surface area contributed by atoms with E-state index in [0.717, 1.165) is 25.0 Å². The number of hydrogen-bond acceptors (Lipinski definition) is 4. The van der Waals surface area contributed by atoms with Crippen molar-refractivity contribution in [1.29, 1.82) is 0 Å². The van der Waals surface area contributed by atoms with E-state index >= 15 is 0 Å². The number of benzene rings is 1. The lowest BCUT2D eigenvalue weighted by Gasteiger charge is -2.28. The zero-order chi connectivity index (χ0) is 17.4. The third-order valence-electron chi connectivity index (χ3n) is 3.93. The quantitative estimate of drug-likeness (QED) is 0.616. The molecular formula is C20H25NO3. The highest BCUT2D eigenvalue weighted by molar-refractivity contribution is 6.01. The van der Waals surface area contributed by atoms with Crippen molar-refractivity contribution < 1.29 is 14.3 Å². The maximum absolute atomic E-state index is 12.5. The second-order valence-electron chi connectivity index (χ2n) is 5.89. The minimum atomic E-state index is -0.417. The summed E-state index contributed by atoms with van der Waals surface area (Å²) in [6.07, 6.45) is 5.91. The Hall–Kier alpha value is -2.36. The molecule has 0 aromatic heterocycles. The first kappa shape index (κ1) is 18.0. The molecule has 0 saturated carbocycles. The van der Waals surface area contributed by atoms with Crippen LogP contribution >= 0.6 is 0 Å². The molecule has 24 heavy (non-hydrogen) atoms. The summed E-state index contributed by atoms with van der Waals surface area (Å²) in [5, 5.41) is 3.49. The normalized spacial score (nSPS) is 17.9. The van der Waals surface area contributed by atoms with E-state index in [4.69, 9.17) is 4.74 Å². The Morgan fingerprint density at radius 3 is 2.71 bits per heavy atom. The number of hydrogen-bond donors (Lipinski definition) is 1. The fraction of sp³-hybridized carbons (Fsp3) is 0.400. The van der Waals surface area contributed by atoms with Gasteiger partial charge < -0.3 is 10.1 Å². The molecule has 1 aliphatic heterocycles. The third-order valence-corrected chi connectivity index (χ3v) is 3.93. The first-order valence-electron chi connectivity index (χ1n) is 8.55. The van der Waals surface area contributed by atoms with Crippen molar-refractivity contribution >= 4 is 11.8 Å². The molecule has 0 spiro atoms. The molecule has 0 unspecified atom stereocenters. The number of allylic oxidation sites excluding steroid dienone is 3. The Labute approximate surface area is 143 Å². The summed E-state index contributed by atoms with van der Waals surface area (Å²) in [5.41, 5.74) is 2.74. The fourth-order valence-electron chi connectivity index (χ4n) is 2.89. The first-order valence-corrected chi connectivity index (χ1v) is 8.55. The smallest absolute Gasteiger partial charge is 0.330 e. The van der Waals surface area contributed by atoms with Crippen LogP contribution < -0.4 is 5.32 Å². The van der Waals surface area contributed by atoms with E-state index in [1.807, 2.05) is 18.2 Å². The van der Waals surface area contributed by atoms with Gasteiger partial charge in [0, 0.05) is 29.8 Å². The van der Waals surface area contributed by atoms with E-state index in [9.17, 15) is 9.59 Å². The monoisotopic (exact) mass is 327 g/mol. The molecular weight excluding hydrogens is 302 g/mol. The van der Waals surface area contributed by atoms with Gasteiger partial charge in [-0.15, -0.1) is 0 Å². The molecule has 1 N–H and O–H groups in total. The molecule has 0 aliphatic carbocycles. The van der Waals surface area contributed by atoms with E-state index in [-0.39, 0.29) is 11.8 Å². The Kier molecular flexibility index (Phi) is 6.79. The summed E-state index contributed by atoms with van der Waals surface area (Å²) < 4.78 is 4.88. The summed E-state index contributed by atoms with van der Waals surface area (Å²) >= 11 is 0. The highest BCUT2D eigenvalue weighted by atomic mass is 16.5. The number of Topliss-reactive ketones (excluding diaryl/α,β-unsaturated/α-hetero) is 1. The molecule has 0 fully saturated rings. The topological polar surface area (TPSA) is 55.4 Å². The van der Waals surface area contributed by atoms with Crippen LogP contribution in [0.3, 0.4) is 0 Å². The van der Waals surface area contributed by atoms with Crippen molar-refractivity contribution in [3.63, 3.8) is 0 Å². The molecule has 0 amide bonds. The lowest BCUT2D eigenvalue weighted by molar-refractivity contribution is -0.137. The molecule has 1 aliphatic rings. The highest BCUT2D eigenvalue weighted by Gasteiger charge is 2.25. The van der Waals surface area contributed by atoms with Crippen molar-refractivity contribution in [2.75, 3.05) is 6.61 Å². The van der Waals surface area contributed by atoms with Crippen LogP contribution in [0, 0.1) is 0 Å². The lowest BCUT2D eigenvalue weighted by atomic mass is 9.91. The van der Waals surface area contributed by atoms with Crippen LogP contribution in [0.5, 0.6) is 0 Å². The molecule has 4 nitrogen and oxygen atoms in total. The Morgan fingerprint density at radius 1 is 1.29 bits per heavy atom. The van der Waals surface area contributed by atoms with Crippen molar-refractivity contribution in [2.45, 2.75) is 45.6 Å². The second-order valence-corrected chi connectivity index (χ2v) is 5.89. The summed E-state index contributed by atoms with van der Waals surface area (Å²) in [7, 11) is 0. The number of carbonyl (C=O) groups is 2. The van der Waals surface area contributed by atoms with Crippen LogP contribution in [0.15, 0.2) is 53.8 Å². The summed E-state index contributed by atoms with van der Waals surface area (Å²) in [5.74, 6) is -0.335. The van der Waals surface area contributed by atoms with Gasteiger partial charge in [0.25, 0.3) is 0 Å². The van der Waals surface area contributed by atoms with Crippen LogP contribution in [0.4, 0.5) is 0 Å². The molecule has 128 valence electrons. The molecule has 1 heterocycles. The molecule has 0 bridgehead atoms. The van der Waals surface area contributed by atoms with E-state index in [1.54, 1.807) is 13.0 Å². The number of ether oxygens (including phenoxy) is 1. The fourth-order valence-corrected chi connectivity index (χ4v) is 2.89. The number of nitrogens with one attached hydrogen (secondary N) is 1. The zero-order valence-corrected chi connectivity index (χ0v) is 14.4. The number of esters is 1. The van der Waals surface area contributed by atoms with E-state index < -0.39 is 5.97 Å². The Balaban J connectivity index is 2.14. The van der Waals surface area contributed by atoms with Gasteiger partial charge in [0.05, 0.1) is 6.61 Å². The molecule has 1 atom stereocenters. The predicted molar refractivity (Wildman–Crippen MR) is 94.4 cm³/mol. The minimum absolute atomic E-state index is 0.0821. The van der Waals surface area contributed by atoms with Crippen molar-refractivity contribution in [3.05, 3.63) is 59.3 Å². The SMILES string of the molecule is CCCC1=C(/C=C/C(=O)OCC)C(=O)C[C@H](Cc2ccccc2)N1. The van der Waals surface area contributed by atoms with Crippen molar-refractivity contribution in [3.8, 4) is 0 Å². The molecule has 0 radical (unpaired) electrons. The average Bonchev–Trinajstić information content (AvgIpc) is 2.55. The van der Waals surface area contributed by atoms with Gasteiger partial charge in [0.2, 0.25) is 0 Å². The predicted octanol–water partition coefficient (Wildman–Crippen LogP) is 3.33. The van der Waals surface area contributed by atoms with Crippen molar-refractivity contribution in [1.82, 2.24) is 5.32 Å². The molecule has 2 rings (SSSR count). The minimum Gasteiger partial charge on any atom is -0.463 e. The Morgan fingerprint density at radius 2 is 2.04 bits per heavy atom. The van der Waals surface area contributed by atoms with Gasteiger partial charge in [-0.1, -0.05) is 43.7 Å². The summed E-state index contributed by atoms with van der Waals surface area (Å²) in [4.78, 5) is 24.0. The van der Waals surface area contributed by atoms with Crippen LogP contribution in [-0.2, 0) is 20.7 Å². The van der Waals surface area contributed by atoms with Crippen LogP contribution in [-0.4, -0.2) is 24.4 Å². The maximum Gasteiger partial charge on any atom is 0.330 e. The van der Waals surface area contributed by atoms with Crippen LogP contribution in [0.2, 0.25) is 0 Å². The van der Waals surface area contributed by atoms with E-state index in [2.05, 4.69) is 24.4 Å². The Bertz CT molecular complexity index is 632. The highest BCUT2D eigenvalue weighted by Crippen LogP contribution is 2.22.